The highest BCUT2D eigenvalue weighted by atomic mass is 16.5. The van der Waals surface area contributed by atoms with Crippen LogP contribution in [0.15, 0.2) is 16.8 Å². The fraction of sp³-hybridized carbons (Fsp3) is 0.222. The normalized spacial score (nSPS) is 10.3. The Labute approximate surface area is 85.2 Å². The average Bonchev–Trinajstić information content (AvgIpc) is 2.85. The lowest BCUT2D eigenvalue weighted by atomic mass is 10.1. The van der Waals surface area contributed by atoms with Gasteiger partial charge < -0.3 is 9.26 Å². The Kier molecular flexibility index (Phi) is 2.24. The molecule has 0 saturated carbocycles. The maximum absolute atomic E-state index is 11.4. The van der Waals surface area contributed by atoms with Gasteiger partial charge in [-0.15, -0.1) is 0 Å². The molecular weight excluding hydrogens is 198 g/mol. The first-order valence-electron chi connectivity index (χ1n) is 4.28. The van der Waals surface area contributed by atoms with Crippen LogP contribution in [-0.2, 0) is 4.74 Å². The molecule has 6 heteroatoms. The summed E-state index contributed by atoms with van der Waals surface area (Å²) in [4.78, 5) is 11.4. The second kappa shape index (κ2) is 3.56. The Balaban J connectivity index is 2.55. The molecule has 2 heterocycles. The predicted molar refractivity (Wildman–Crippen MR) is 50.2 cm³/mol. The van der Waals surface area contributed by atoms with Crippen molar-refractivity contribution in [1.82, 2.24) is 15.4 Å². The minimum atomic E-state index is -0.531. The number of H-pyrrole nitrogens is 1. The molecular formula is C9H9N3O3. The van der Waals surface area contributed by atoms with Gasteiger partial charge in [0.2, 0.25) is 5.69 Å². The van der Waals surface area contributed by atoms with Crippen LogP contribution in [0.25, 0.3) is 11.3 Å². The van der Waals surface area contributed by atoms with Crippen molar-refractivity contribution in [1.29, 1.82) is 0 Å². The molecule has 2 rings (SSSR count). The molecule has 0 aliphatic heterocycles. The minimum absolute atomic E-state index is 0.152. The van der Waals surface area contributed by atoms with E-state index in [1.807, 2.05) is 0 Å². The van der Waals surface area contributed by atoms with Crippen LogP contribution in [0.1, 0.15) is 16.2 Å². The van der Waals surface area contributed by atoms with Crippen molar-refractivity contribution in [3.05, 3.63) is 23.7 Å². The van der Waals surface area contributed by atoms with E-state index in [2.05, 4.69) is 20.1 Å². The van der Waals surface area contributed by atoms with Gasteiger partial charge in [0.05, 0.1) is 18.4 Å². The first-order valence-corrected chi connectivity index (χ1v) is 4.28. The van der Waals surface area contributed by atoms with Gasteiger partial charge in [0, 0.05) is 6.20 Å². The molecule has 0 aliphatic carbocycles. The van der Waals surface area contributed by atoms with E-state index in [1.165, 1.54) is 7.11 Å². The van der Waals surface area contributed by atoms with Crippen molar-refractivity contribution in [3.63, 3.8) is 0 Å². The highest BCUT2D eigenvalue weighted by Gasteiger charge is 2.22. The highest BCUT2D eigenvalue weighted by molar-refractivity contribution is 5.94. The van der Waals surface area contributed by atoms with E-state index >= 15 is 0 Å². The van der Waals surface area contributed by atoms with Crippen LogP contribution in [0.3, 0.4) is 0 Å². The zero-order valence-electron chi connectivity index (χ0n) is 8.27. The molecule has 2 aromatic rings. The monoisotopic (exact) mass is 207 g/mol. The Morgan fingerprint density at radius 1 is 1.60 bits per heavy atom. The maximum atomic E-state index is 11.4. The lowest BCUT2D eigenvalue weighted by Gasteiger charge is -1.97. The van der Waals surface area contributed by atoms with Gasteiger partial charge in [-0.05, 0) is 13.0 Å². The van der Waals surface area contributed by atoms with Crippen LogP contribution in [0.2, 0.25) is 0 Å². The summed E-state index contributed by atoms with van der Waals surface area (Å²) in [6.07, 6.45) is 1.59. The number of esters is 1. The van der Waals surface area contributed by atoms with Crippen molar-refractivity contribution in [2.75, 3.05) is 7.11 Å². The summed E-state index contributed by atoms with van der Waals surface area (Å²) in [5, 5.41) is 10.2. The van der Waals surface area contributed by atoms with Gasteiger partial charge in [-0.3, -0.25) is 5.10 Å². The third-order valence-corrected chi connectivity index (χ3v) is 2.01. The van der Waals surface area contributed by atoms with Crippen molar-refractivity contribution < 1.29 is 14.1 Å². The number of ether oxygens (including phenoxy) is 1. The summed E-state index contributed by atoms with van der Waals surface area (Å²) >= 11 is 0. The second-order valence-electron chi connectivity index (χ2n) is 2.92. The first-order chi connectivity index (χ1) is 7.24. The lowest BCUT2D eigenvalue weighted by Crippen LogP contribution is -2.03. The molecule has 0 aromatic carbocycles. The smallest absolute Gasteiger partial charge is 0.360 e. The van der Waals surface area contributed by atoms with Crippen molar-refractivity contribution in [2.24, 2.45) is 0 Å². The number of hydrogen-bond donors (Lipinski definition) is 1. The number of hydrogen-bond acceptors (Lipinski definition) is 5. The van der Waals surface area contributed by atoms with E-state index in [1.54, 1.807) is 19.2 Å². The number of aromatic amines is 1. The number of aromatic nitrogens is 3. The zero-order chi connectivity index (χ0) is 10.8. The van der Waals surface area contributed by atoms with Crippen LogP contribution >= 0.6 is 0 Å². The average molecular weight is 207 g/mol. The Morgan fingerprint density at radius 2 is 2.40 bits per heavy atom. The molecule has 1 N–H and O–H groups in total. The summed E-state index contributed by atoms with van der Waals surface area (Å²) in [7, 11) is 1.29. The molecule has 0 fully saturated rings. The quantitative estimate of drug-likeness (QED) is 0.747. The zero-order valence-corrected chi connectivity index (χ0v) is 8.27. The molecule has 6 nitrogen and oxygen atoms in total. The molecule has 0 unspecified atom stereocenters. The summed E-state index contributed by atoms with van der Waals surface area (Å²) in [6, 6.07) is 1.73. The molecule has 0 atom stereocenters. The molecule has 2 aromatic heterocycles. The molecule has 78 valence electrons. The molecule has 0 spiro atoms. The Morgan fingerprint density at radius 3 is 3.00 bits per heavy atom. The van der Waals surface area contributed by atoms with Gasteiger partial charge in [0.25, 0.3) is 0 Å². The van der Waals surface area contributed by atoms with Crippen molar-refractivity contribution in [2.45, 2.75) is 6.92 Å². The van der Waals surface area contributed by atoms with E-state index in [-0.39, 0.29) is 5.69 Å². The predicted octanol–water partition coefficient (Wildman–Crippen LogP) is 1.16. The largest absolute Gasteiger partial charge is 0.464 e. The van der Waals surface area contributed by atoms with Gasteiger partial charge in [-0.2, -0.15) is 5.10 Å². The van der Waals surface area contributed by atoms with E-state index in [0.29, 0.717) is 17.0 Å². The molecule has 0 saturated heterocycles. The van der Waals surface area contributed by atoms with Crippen LogP contribution in [0, 0.1) is 6.92 Å². The molecule has 0 radical (unpaired) electrons. The molecule has 0 bridgehead atoms. The minimum Gasteiger partial charge on any atom is -0.464 e. The fourth-order valence-electron chi connectivity index (χ4n) is 1.32. The van der Waals surface area contributed by atoms with E-state index in [4.69, 9.17) is 4.52 Å². The topological polar surface area (TPSA) is 81.0 Å². The third kappa shape index (κ3) is 1.50. The van der Waals surface area contributed by atoms with Crippen LogP contribution in [-0.4, -0.2) is 28.4 Å². The van der Waals surface area contributed by atoms with E-state index in [9.17, 15) is 4.79 Å². The summed E-state index contributed by atoms with van der Waals surface area (Å²) in [5.41, 5.74) is 1.41. The highest BCUT2D eigenvalue weighted by Crippen LogP contribution is 2.25. The van der Waals surface area contributed by atoms with Crippen molar-refractivity contribution in [3.8, 4) is 11.3 Å². The standard InChI is InChI=1S/C9H9N3O3/c1-5-7(6-3-4-10-11-6)8(12-15-5)9(13)14-2/h3-4H,1-2H3,(H,10,11). The molecule has 15 heavy (non-hydrogen) atoms. The third-order valence-electron chi connectivity index (χ3n) is 2.01. The Bertz CT molecular complexity index is 473. The Hall–Kier alpha value is -2.11. The van der Waals surface area contributed by atoms with Gasteiger partial charge in [0.15, 0.2) is 0 Å². The number of methoxy groups -OCH3 is 1. The van der Waals surface area contributed by atoms with Gasteiger partial charge in [-0.25, -0.2) is 4.79 Å². The van der Waals surface area contributed by atoms with Crippen LogP contribution in [0.4, 0.5) is 0 Å². The lowest BCUT2D eigenvalue weighted by molar-refractivity contribution is 0.0590. The first kappa shape index (κ1) is 9.45. The van der Waals surface area contributed by atoms with Gasteiger partial charge in [0.1, 0.15) is 5.76 Å². The number of aryl methyl sites for hydroxylation is 1. The summed E-state index contributed by atoms with van der Waals surface area (Å²) in [6.45, 7) is 1.72. The number of nitrogens with zero attached hydrogens (tertiary/aromatic N) is 2. The summed E-state index contributed by atoms with van der Waals surface area (Å²) in [5.74, 6) is 0.0103. The van der Waals surface area contributed by atoms with Crippen LogP contribution in [0.5, 0.6) is 0 Å². The number of carbonyl (C=O) groups excluding carboxylic acids is 1. The maximum Gasteiger partial charge on any atom is 0.360 e. The SMILES string of the molecule is COC(=O)c1noc(C)c1-c1ccn[nH]1. The van der Waals surface area contributed by atoms with Crippen LogP contribution < -0.4 is 0 Å². The number of nitrogens with one attached hydrogen (secondary N) is 1. The summed E-state index contributed by atoms with van der Waals surface area (Å²) < 4.78 is 9.54. The molecule has 0 aliphatic rings. The molecule has 0 amide bonds. The van der Waals surface area contributed by atoms with Gasteiger partial charge >= 0.3 is 5.97 Å². The number of carbonyl (C=O) groups is 1. The van der Waals surface area contributed by atoms with E-state index in [0.717, 1.165) is 0 Å². The van der Waals surface area contributed by atoms with E-state index < -0.39 is 5.97 Å². The number of rotatable bonds is 2. The van der Waals surface area contributed by atoms with Crippen molar-refractivity contribution >= 4 is 5.97 Å². The van der Waals surface area contributed by atoms with Gasteiger partial charge in [-0.1, -0.05) is 5.16 Å². The fourth-order valence-corrected chi connectivity index (χ4v) is 1.32. The second-order valence-corrected chi connectivity index (χ2v) is 2.92.